The minimum atomic E-state index is -0.781. The maximum absolute atomic E-state index is 13.1. The average molecular weight is 431 g/mol. The first-order chi connectivity index (χ1) is 15.5. The molecular formula is C25H25N3O4. The number of amides is 1. The van der Waals surface area contributed by atoms with Gasteiger partial charge >= 0.3 is 5.97 Å². The van der Waals surface area contributed by atoms with E-state index in [0.717, 1.165) is 36.1 Å². The standard InChI is InChI=1S/C25H25N3O4/c1-32-17-6-7-18-16(12-23(29)30)14-25(19(18)13-17)8-10-28(11-9-25)24(31)22-15-26-20-4-2-3-5-21(20)27-22/h2-7,13,15-16H,8-12,14H2,1H3,(H,29,30). The first-order valence-corrected chi connectivity index (χ1v) is 10.9. The maximum atomic E-state index is 13.1. The second-order valence-electron chi connectivity index (χ2n) is 8.77. The number of nitrogens with zero attached hydrogens (tertiary/aromatic N) is 3. The van der Waals surface area contributed by atoms with Gasteiger partial charge in [0.25, 0.3) is 5.91 Å². The highest BCUT2D eigenvalue weighted by atomic mass is 16.5. The number of carbonyl (C=O) groups excluding carboxylic acids is 1. The van der Waals surface area contributed by atoms with Crippen molar-refractivity contribution in [2.24, 2.45) is 0 Å². The fraction of sp³-hybridized carbons (Fsp3) is 0.360. The molecule has 0 radical (unpaired) electrons. The number of hydrogen-bond donors (Lipinski definition) is 1. The molecule has 1 amide bonds. The lowest BCUT2D eigenvalue weighted by atomic mass is 9.73. The van der Waals surface area contributed by atoms with Crippen molar-refractivity contribution in [3.05, 3.63) is 65.5 Å². The van der Waals surface area contributed by atoms with E-state index >= 15 is 0 Å². The predicted molar refractivity (Wildman–Crippen MR) is 119 cm³/mol. The minimum Gasteiger partial charge on any atom is -0.497 e. The van der Waals surface area contributed by atoms with Crippen LogP contribution in [0.1, 0.15) is 53.2 Å². The van der Waals surface area contributed by atoms with Gasteiger partial charge in [-0.1, -0.05) is 18.2 Å². The molecule has 1 aliphatic heterocycles. The Hall–Kier alpha value is -3.48. The summed E-state index contributed by atoms with van der Waals surface area (Å²) < 4.78 is 5.45. The summed E-state index contributed by atoms with van der Waals surface area (Å²) in [6, 6.07) is 13.5. The lowest BCUT2D eigenvalue weighted by Crippen LogP contribution is -2.44. The second kappa shape index (κ2) is 7.89. The average Bonchev–Trinajstić information content (AvgIpc) is 3.10. The molecular weight excluding hydrogens is 406 g/mol. The van der Waals surface area contributed by atoms with Gasteiger partial charge in [-0.25, -0.2) is 4.98 Å². The Morgan fingerprint density at radius 3 is 2.62 bits per heavy atom. The van der Waals surface area contributed by atoms with Gasteiger partial charge in [0, 0.05) is 13.1 Å². The molecule has 0 saturated carbocycles. The molecule has 1 N–H and O–H groups in total. The maximum Gasteiger partial charge on any atom is 0.303 e. The predicted octanol–water partition coefficient (Wildman–Crippen LogP) is 3.77. The molecule has 7 heteroatoms. The summed E-state index contributed by atoms with van der Waals surface area (Å²) in [6.45, 7) is 1.20. The number of fused-ring (bicyclic) bond motifs is 3. The van der Waals surface area contributed by atoms with Gasteiger partial charge in [0.05, 0.1) is 30.8 Å². The summed E-state index contributed by atoms with van der Waals surface area (Å²) in [5, 5.41) is 9.41. The Balaban J connectivity index is 1.38. The quantitative estimate of drug-likeness (QED) is 0.676. The molecule has 2 aliphatic rings. The highest BCUT2D eigenvalue weighted by Crippen LogP contribution is 2.53. The van der Waals surface area contributed by atoms with Crippen LogP contribution in [0, 0.1) is 0 Å². The topological polar surface area (TPSA) is 92.6 Å². The van der Waals surface area contributed by atoms with Crippen LogP contribution in [0.3, 0.4) is 0 Å². The Morgan fingerprint density at radius 1 is 1.16 bits per heavy atom. The van der Waals surface area contributed by atoms with Gasteiger partial charge in [0.2, 0.25) is 0 Å². The number of carboxylic acids is 1. The van der Waals surface area contributed by atoms with Crippen molar-refractivity contribution in [2.45, 2.75) is 37.0 Å². The lowest BCUT2D eigenvalue weighted by Gasteiger charge is -2.40. The normalized spacial score (nSPS) is 19.2. The molecule has 2 aromatic carbocycles. The van der Waals surface area contributed by atoms with Crippen molar-refractivity contribution < 1.29 is 19.4 Å². The number of aliphatic carboxylic acids is 1. The number of methoxy groups -OCH3 is 1. The number of rotatable bonds is 4. The van der Waals surface area contributed by atoms with Gasteiger partial charge in [-0.2, -0.15) is 0 Å². The van der Waals surface area contributed by atoms with E-state index in [-0.39, 0.29) is 23.7 Å². The van der Waals surface area contributed by atoms with Crippen LogP contribution in [0.5, 0.6) is 5.75 Å². The third-order valence-electron chi connectivity index (χ3n) is 7.01. The highest BCUT2D eigenvalue weighted by Gasteiger charge is 2.46. The summed E-state index contributed by atoms with van der Waals surface area (Å²) >= 11 is 0. The van der Waals surface area contributed by atoms with Gasteiger partial charge in [-0.05, 0) is 66.0 Å². The number of likely N-dealkylation sites (tertiary alicyclic amines) is 1. The van der Waals surface area contributed by atoms with E-state index in [1.54, 1.807) is 13.3 Å². The van der Waals surface area contributed by atoms with Crippen LogP contribution in [-0.4, -0.2) is 52.1 Å². The third kappa shape index (κ3) is 3.47. The smallest absolute Gasteiger partial charge is 0.303 e. The van der Waals surface area contributed by atoms with Gasteiger partial charge < -0.3 is 14.7 Å². The van der Waals surface area contributed by atoms with E-state index in [9.17, 15) is 14.7 Å². The molecule has 164 valence electrons. The molecule has 1 atom stereocenters. The van der Waals surface area contributed by atoms with Crippen molar-refractivity contribution in [3.8, 4) is 5.75 Å². The highest BCUT2D eigenvalue weighted by molar-refractivity contribution is 5.93. The zero-order valence-corrected chi connectivity index (χ0v) is 18.0. The van der Waals surface area contributed by atoms with Crippen molar-refractivity contribution in [2.75, 3.05) is 20.2 Å². The lowest BCUT2D eigenvalue weighted by molar-refractivity contribution is -0.137. The minimum absolute atomic E-state index is 0.0120. The van der Waals surface area contributed by atoms with Crippen molar-refractivity contribution in [1.29, 1.82) is 0 Å². The van der Waals surface area contributed by atoms with E-state index in [2.05, 4.69) is 16.0 Å². The van der Waals surface area contributed by atoms with Gasteiger partial charge in [-0.15, -0.1) is 0 Å². The fourth-order valence-corrected chi connectivity index (χ4v) is 5.40. The summed E-state index contributed by atoms with van der Waals surface area (Å²) in [6.07, 6.45) is 4.04. The van der Waals surface area contributed by atoms with E-state index < -0.39 is 5.97 Å². The number of para-hydroxylation sites is 2. The van der Waals surface area contributed by atoms with Crippen LogP contribution >= 0.6 is 0 Å². The Kier molecular flexibility index (Phi) is 5.04. The fourth-order valence-electron chi connectivity index (χ4n) is 5.40. The number of carbonyl (C=O) groups is 2. The van der Waals surface area contributed by atoms with Crippen LogP contribution in [0.4, 0.5) is 0 Å². The Bertz CT molecular complexity index is 1200. The molecule has 5 rings (SSSR count). The Labute approximate surface area is 186 Å². The van der Waals surface area contributed by atoms with E-state index in [4.69, 9.17) is 4.74 Å². The molecule has 32 heavy (non-hydrogen) atoms. The summed E-state index contributed by atoms with van der Waals surface area (Å²) in [5.74, 6) is -0.119. The zero-order valence-electron chi connectivity index (χ0n) is 18.0. The molecule has 1 spiro atoms. The molecule has 0 bridgehead atoms. The zero-order chi connectivity index (χ0) is 22.3. The molecule has 1 unspecified atom stereocenters. The number of ether oxygens (including phenoxy) is 1. The van der Waals surface area contributed by atoms with Gasteiger partial charge in [-0.3, -0.25) is 14.6 Å². The number of piperidine rings is 1. The van der Waals surface area contributed by atoms with Crippen molar-refractivity contribution in [1.82, 2.24) is 14.9 Å². The van der Waals surface area contributed by atoms with E-state index in [0.29, 0.717) is 24.3 Å². The first kappa shape index (κ1) is 20.4. The molecule has 3 aromatic rings. The van der Waals surface area contributed by atoms with Crippen LogP contribution in [0.15, 0.2) is 48.7 Å². The van der Waals surface area contributed by atoms with Crippen molar-refractivity contribution in [3.63, 3.8) is 0 Å². The Morgan fingerprint density at radius 2 is 1.91 bits per heavy atom. The number of aromatic nitrogens is 2. The first-order valence-electron chi connectivity index (χ1n) is 10.9. The van der Waals surface area contributed by atoms with Crippen LogP contribution < -0.4 is 4.74 Å². The molecule has 7 nitrogen and oxygen atoms in total. The monoisotopic (exact) mass is 431 g/mol. The molecule has 2 heterocycles. The van der Waals surface area contributed by atoms with Crippen LogP contribution in [-0.2, 0) is 10.2 Å². The molecule has 1 aliphatic carbocycles. The SMILES string of the molecule is COc1ccc2c(c1)C1(CCN(C(=O)c3cnc4ccccc4n3)CC1)CC2CC(=O)O. The number of hydrogen-bond acceptors (Lipinski definition) is 5. The third-order valence-corrected chi connectivity index (χ3v) is 7.01. The number of benzene rings is 2. The van der Waals surface area contributed by atoms with Gasteiger partial charge in [0.1, 0.15) is 11.4 Å². The largest absolute Gasteiger partial charge is 0.497 e. The second-order valence-corrected chi connectivity index (χ2v) is 8.77. The van der Waals surface area contributed by atoms with E-state index in [1.165, 1.54) is 5.56 Å². The van der Waals surface area contributed by atoms with Crippen LogP contribution in [0.25, 0.3) is 11.0 Å². The van der Waals surface area contributed by atoms with Crippen LogP contribution in [0.2, 0.25) is 0 Å². The molecule has 1 aromatic heterocycles. The summed E-state index contributed by atoms with van der Waals surface area (Å²) in [5.41, 5.74) is 3.99. The summed E-state index contributed by atoms with van der Waals surface area (Å²) in [7, 11) is 1.64. The van der Waals surface area contributed by atoms with Crippen molar-refractivity contribution >= 4 is 22.9 Å². The summed E-state index contributed by atoms with van der Waals surface area (Å²) in [4.78, 5) is 35.3. The van der Waals surface area contributed by atoms with Gasteiger partial charge in [0.15, 0.2) is 0 Å². The molecule has 1 fully saturated rings. The molecule has 1 saturated heterocycles. The van der Waals surface area contributed by atoms with E-state index in [1.807, 2.05) is 41.3 Å². The number of carboxylic acid groups (broad SMARTS) is 1.